The molecule has 3 N–H and O–H groups in total. The quantitative estimate of drug-likeness (QED) is 0.579. The molecule has 0 aliphatic rings. The minimum Gasteiger partial charge on any atom is -0.493 e. The predicted octanol–water partition coefficient (Wildman–Crippen LogP) is -0.692. The third kappa shape index (κ3) is 2.55. The van der Waals surface area contributed by atoms with E-state index in [-0.39, 0.29) is 17.6 Å². The van der Waals surface area contributed by atoms with Crippen LogP contribution >= 0.6 is 0 Å². The second kappa shape index (κ2) is 4.89. The smallest absolute Gasteiger partial charge is 0.326 e. The second-order valence-corrected chi connectivity index (χ2v) is 4.86. The Labute approximate surface area is 118 Å². The maximum Gasteiger partial charge on any atom is 0.326 e. The Hall–Kier alpha value is -2.90. The third-order valence-corrected chi connectivity index (χ3v) is 2.81. The lowest BCUT2D eigenvalue weighted by Crippen LogP contribution is -2.15. The van der Waals surface area contributed by atoms with Gasteiger partial charge in [0.2, 0.25) is 5.88 Å². The van der Waals surface area contributed by atoms with Crippen LogP contribution in [0.4, 0.5) is 0 Å². The topological polar surface area (TPSA) is 111 Å². The van der Waals surface area contributed by atoms with E-state index in [0.717, 1.165) is 0 Å². The van der Waals surface area contributed by atoms with E-state index in [1.165, 1.54) is 0 Å². The van der Waals surface area contributed by atoms with Gasteiger partial charge < -0.3 is 10.1 Å². The molecule has 0 amide bonds. The van der Waals surface area contributed by atoms with E-state index in [4.69, 9.17) is 0 Å². The number of aromatic hydroxyl groups is 1. The number of H-pyrrole nitrogens is 2. The van der Waals surface area contributed by atoms with Gasteiger partial charge in [-0.25, -0.2) is 14.3 Å². The highest BCUT2D eigenvalue weighted by atomic mass is 16.3. The summed E-state index contributed by atoms with van der Waals surface area (Å²) < 4.78 is 1.60. The molecular weight excluding hydrogens is 272 g/mol. The zero-order valence-electron chi connectivity index (χ0n) is 11.5. The number of rotatable bonds is 2. The summed E-state index contributed by atoms with van der Waals surface area (Å²) in [5.41, 5.74) is 1.01. The van der Waals surface area contributed by atoms with Gasteiger partial charge in [0, 0.05) is 23.5 Å². The van der Waals surface area contributed by atoms with Crippen LogP contribution in [0.2, 0.25) is 0 Å². The van der Waals surface area contributed by atoms with Crippen molar-refractivity contribution in [3.8, 4) is 5.88 Å². The van der Waals surface area contributed by atoms with Crippen LogP contribution in [0.15, 0.2) is 28.2 Å². The first kappa shape index (κ1) is 13.1. The van der Waals surface area contributed by atoms with Crippen LogP contribution in [0.3, 0.4) is 0 Å². The molecule has 0 atom stereocenters. The molecule has 0 aromatic carbocycles. The van der Waals surface area contributed by atoms with Gasteiger partial charge in [-0.2, -0.15) is 5.10 Å². The highest BCUT2D eigenvalue weighted by molar-refractivity contribution is 5.56. The summed E-state index contributed by atoms with van der Waals surface area (Å²) in [6.07, 6.45) is 4.97. The first-order valence-electron chi connectivity index (χ1n) is 6.44. The van der Waals surface area contributed by atoms with Gasteiger partial charge in [-0.15, -0.1) is 0 Å². The van der Waals surface area contributed by atoms with Crippen molar-refractivity contribution in [2.45, 2.75) is 19.9 Å². The van der Waals surface area contributed by atoms with Gasteiger partial charge in [-0.1, -0.05) is 0 Å². The van der Waals surface area contributed by atoms with Crippen LogP contribution in [0, 0.1) is 0 Å². The fraction of sp³-hybridized carbons (Fsp3) is 0.231. The first-order valence-corrected chi connectivity index (χ1v) is 6.44. The van der Waals surface area contributed by atoms with E-state index in [1.807, 2.05) is 13.8 Å². The summed E-state index contributed by atoms with van der Waals surface area (Å²) in [6, 6.07) is 1.92. The van der Waals surface area contributed by atoms with E-state index in [1.54, 1.807) is 29.1 Å². The molecule has 0 bridgehead atoms. The minimum atomic E-state index is -0.473. The monoisotopic (exact) mass is 286 g/mol. The fourth-order valence-electron chi connectivity index (χ4n) is 1.96. The lowest BCUT2D eigenvalue weighted by molar-refractivity contribution is 0.454. The van der Waals surface area contributed by atoms with Crippen molar-refractivity contribution in [1.82, 2.24) is 24.6 Å². The van der Waals surface area contributed by atoms with Gasteiger partial charge in [0.15, 0.2) is 11.1 Å². The molecule has 3 aromatic heterocycles. The van der Waals surface area contributed by atoms with Gasteiger partial charge in [0.1, 0.15) is 5.69 Å². The molecule has 21 heavy (non-hydrogen) atoms. The molecular formula is C13H14N6O2. The number of aromatic amines is 2. The van der Waals surface area contributed by atoms with Crippen molar-refractivity contribution in [3.63, 3.8) is 0 Å². The molecule has 3 aromatic rings. The molecule has 0 saturated carbocycles. The number of hydrogen-bond donors (Lipinski definition) is 3. The number of hydrogen-bond acceptors (Lipinski definition) is 5. The lowest BCUT2D eigenvalue weighted by atomic mass is 10.3. The van der Waals surface area contributed by atoms with Gasteiger partial charge in [0.25, 0.3) is 0 Å². The Kier molecular flexibility index (Phi) is 3.05. The van der Waals surface area contributed by atoms with Crippen LogP contribution in [0.25, 0.3) is 11.7 Å². The number of fused-ring (bicyclic) bond motifs is 1. The normalized spacial score (nSPS) is 13.7. The van der Waals surface area contributed by atoms with Crippen LogP contribution in [-0.2, 0) is 0 Å². The fourth-order valence-corrected chi connectivity index (χ4v) is 1.96. The summed E-state index contributed by atoms with van der Waals surface area (Å²) in [7, 11) is 0. The average Bonchev–Trinajstić information content (AvgIpc) is 2.93. The maximum atomic E-state index is 11.1. The maximum absolute atomic E-state index is 11.1. The Morgan fingerprint density at radius 1 is 1.43 bits per heavy atom. The van der Waals surface area contributed by atoms with E-state index in [0.29, 0.717) is 16.4 Å². The summed E-state index contributed by atoms with van der Waals surface area (Å²) in [5.74, 6) is -0.220. The number of imidazole rings is 1. The highest BCUT2D eigenvalue weighted by Gasteiger charge is 2.04. The SMILES string of the molecule is CC(C)N=c1ccn2ncc(=Cc3[nH]c(=O)[nH]c3O)c2n1. The van der Waals surface area contributed by atoms with Crippen LogP contribution < -0.4 is 16.4 Å². The Bertz CT molecular complexity index is 963. The number of nitrogens with one attached hydrogen (secondary N) is 2. The second-order valence-electron chi connectivity index (χ2n) is 4.86. The molecule has 108 valence electrons. The van der Waals surface area contributed by atoms with Crippen LogP contribution in [0.5, 0.6) is 5.88 Å². The standard InChI is InChI=1S/C13H14N6O2/c1-7(2)15-10-3-4-19-11(17-10)8(6-14-19)5-9-12(20)18-13(21)16-9/h3-7,20H,1-2H3,(H2,16,18,21). The molecule has 8 heteroatoms. The van der Waals surface area contributed by atoms with Crippen LogP contribution in [0.1, 0.15) is 19.5 Å². The zero-order valence-corrected chi connectivity index (χ0v) is 11.5. The van der Waals surface area contributed by atoms with Crippen molar-refractivity contribution in [2.75, 3.05) is 0 Å². The largest absolute Gasteiger partial charge is 0.493 e. The number of aromatic nitrogens is 5. The van der Waals surface area contributed by atoms with E-state index >= 15 is 0 Å². The molecule has 0 spiro atoms. The Morgan fingerprint density at radius 2 is 2.24 bits per heavy atom. The van der Waals surface area contributed by atoms with E-state index in [9.17, 15) is 9.90 Å². The summed E-state index contributed by atoms with van der Waals surface area (Å²) >= 11 is 0. The first-order chi connectivity index (χ1) is 10.0. The van der Waals surface area contributed by atoms with Crippen molar-refractivity contribution < 1.29 is 5.11 Å². The third-order valence-electron chi connectivity index (χ3n) is 2.81. The Morgan fingerprint density at radius 3 is 2.90 bits per heavy atom. The molecule has 0 radical (unpaired) electrons. The average molecular weight is 286 g/mol. The van der Waals surface area contributed by atoms with Gasteiger partial charge in [0.05, 0.1) is 6.20 Å². The lowest BCUT2D eigenvalue weighted by Gasteiger charge is -1.95. The van der Waals surface area contributed by atoms with E-state index < -0.39 is 5.69 Å². The molecule has 3 rings (SSSR count). The van der Waals surface area contributed by atoms with Gasteiger partial charge in [-0.3, -0.25) is 9.98 Å². The molecule has 0 aliphatic heterocycles. The van der Waals surface area contributed by atoms with Crippen molar-refractivity contribution in [2.24, 2.45) is 4.99 Å². The van der Waals surface area contributed by atoms with Crippen molar-refractivity contribution in [3.05, 3.63) is 45.3 Å². The van der Waals surface area contributed by atoms with Crippen molar-refractivity contribution >= 4 is 11.7 Å². The van der Waals surface area contributed by atoms with Crippen LogP contribution in [-0.4, -0.2) is 35.7 Å². The zero-order chi connectivity index (χ0) is 15.0. The Balaban J connectivity index is 2.24. The minimum absolute atomic E-state index is 0.139. The molecule has 0 fully saturated rings. The number of nitrogens with zero attached hydrogens (tertiary/aromatic N) is 4. The van der Waals surface area contributed by atoms with Crippen molar-refractivity contribution in [1.29, 1.82) is 0 Å². The highest BCUT2D eigenvalue weighted by Crippen LogP contribution is 2.07. The molecule has 0 aliphatic carbocycles. The predicted molar refractivity (Wildman–Crippen MR) is 75.5 cm³/mol. The molecule has 0 unspecified atom stereocenters. The molecule has 0 saturated heterocycles. The van der Waals surface area contributed by atoms with Gasteiger partial charge in [-0.05, 0) is 19.9 Å². The summed E-state index contributed by atoms with van der Waals surface area (Å²) in [6.45, 7) is 3.94. The van der Waals surface area contributed by atoms with Gasteiger partial charge >= 0.3 is 5.69 Å². The molecule has 3 heterocycles. The summed E-state index contributed by atoms with van der Waals surface area (Å²) in [4.78, 5) is 24.7. The van der Waals surface area contributed by atoms with E-state index in [2.05, 4.69) is 25.0 Å². The molecule has 8 nitrogen and oxygen atoms in total. The summed E-state index contributed by atoms with van der Waals surface area (Å²) in [5, 5.41) is 14.4.